The van der Waals surface area contributed by atoms with Crippen LogP contribution in [0.15, 0.2) is 11.8 Å². The molecule has 0 unspecified atom stereocenters. The number of thiocarbonyl (C=S) groups is 1. The maximum Gasteiger partial charge on any atom is 0.170 e. The van der Waals surface area contributed by atoms with Gasteiger partial charge in [-0.15, -0.1) is 0 Å². The van der Waals surface area contributed by atoms with Crippen molar-refractivity contribution in [1.82, 2.24) is 10.6 Å². The van der Waals surface area contributed by atoms with Crippen LogP contribution in [0.2, 0.25) is 0 Å². The van der Waals surface area contributed by atoms with Crippen LogP contribution in [0.3, 0.4) is 0 Å². The van der Waals surface area contributed by atoms with Crippen LogP contribution in [0.1, 0.15) is 0 Å². The van der Waals surface area contributed by atoms with Crippen molar-refractivity contribution in [3.8, 4) is 0 Å². The highest BCUT2D eigenvalue weighted by Gasteiger charge is 2.19. The third-order valence-corrected chi connectivity index (χ3v) is 3.30. The third kappa shape index (κ3) is 3.60. The molecule has 7 heteroatoms. The van der Waals surface area contributed by atoms with Crippen molar-refractivity contribution in [2.75, 3.05) is 24.7 Å². The van der Waals surface area contributed by atoms with E-state index in [1.807, 2.05) is 0 Å². The van der Waals surface area contributed by atoms with Crippen molar-refractivity contribution in [1.29, 1.82) is 0 Å². The van der Waals surface area contributed by atoms with Crippen molar-refractivity contribution in [2.45, 2.75) is 0 Å². The monoisotopic (exact) mass is 236 g/mol. The minimum Gasteiger partial charge on any atom is -0.395 e. The van der Waals surface area contributed by atoms with Gasteiger partial charge in [-0.25, -0.2) is 8.42 Å². The Morgan fingerprint density at radius 3 is 2.86 bits per heavy atom. The SMILES string of the molecule is O=S1(=O)CC=C(NC(=S)NCCO)C1. The van der Waals surface area contributed by atoms with E-state index < -0.39 is 9.84 Å². The summed E-state index contributed by atoms with van der Waals surface area (Å²) in [6.07, 6.45) is 1.60. The second-order valence-electron chi connectivity index (χ2n) is 2.89. The van der Waals surface area contributed by atoms with Crippen LogP contribution < -0.4 is 10.6 Å². The lowest BCUT2D eigenvalue weighted by Crippen LogP contribution is -2.36. The molecule has 0 saturated heterocycles. The van der Waals surface area contributed by atoms with E-state index in [1.165, 1.54) is 0 Å². The molecule has 0 aliphatic carbocycles. The number of hydrogen-bond donors (Lipinski definition) is 3. The van der Waals surface area contributed by atoms with Crippen molar-refractivity contribution >= 4 is 27.2 Å². The molecule has 0 radical (unpaired) electrons. The van der Waals surface area contributed by atoms with Crippen molar-refractivity contribution in [3.05, 3.63) is 11.8 Å². The predicted octanol–water partition coefficient (Wildman–Crippen LogP) is -1.24. The molecule has 80 valence electrons. The van der Waals surface area contributed by atoms with E-state index in [4.69, 9.17) is 17.3 Å². The zero-order valence-electron chi connectivity index (χ0n) is 7.49. The van der Waals surface area contributed by atoms with Crippen LogP contribution >= 0.6 is 12.2 Å². The quantitative estimate of drug-likeness (QED) is 0.532. The summed E-state index contributed by atoms with van der Waals surface area (Å²) in [5.41, 5.74) is 0.598. The lowest BCUT2D eigenvalue weighted by Gasteiger charge is -2.08. The molecule has 0 bridgehead atoms. The average Bonchev–Trinajstić information content (AvgIpc) is 2.42. The molecule has 1 heterocycles. The van der Waals surface area contributed by atoms with Gasteiger partial charge < -0.3 is 15.7 Å². The Balaban J connectivity index is 2.36. The largest absolute Gasteiger partial charge is 0.395 e. The van der Waals surface area contributed by atoms with Crippen LogP contribution in [0.5, 0.6) is 0 Å². The summed E-state index contributed by atoms with van der Waals surface area (Å²) in [5, 5.41) is 14.3. The van der Waals surface area contributed by atoms with Crippen LogP contribution in [0.25, 0.3) is 0 Å². The topological polar surface area (TPSA) is 78.4 Å². The van der Waals surface area contributed by atoms with Gasteiger partial charge in [0.15, 0.2) is 14.9 Å². The molecule has 1 aliphatic rings. The minimum absolute atomic E-state index is 0.00788. The first kappa shape index (κ1) is 11.4. The third-order valence-electron chi connectivity index (χ3n) is 1.63. The number of hydrogen-bond acceptors (Lipinski definition) is 4. The van der Waals surface area contributed by atoms with Crippen LogP contribution in [0, 0.1) is 0 Å². The highest BCUT2D eigenvalue weighted by atomic mass is 32.2. The fourth-order valence-corrected chi connectivity index (χ4v) is 2.50. The highest BCUT2D eigenvalue weighted by molar-refractivity contribution is 7.92. The van der Waals surface area contributed by atoms with E-state index in [0.717, 1.165) is 0 Å². The summed E-state index contributed by atoms with van der Waals surface area (Å²) >= 11 is 4.86. The number of sulfone groups is 1. The fourth-order valence-electron chi connectivity index (χ4n) is 1.03. The van der Waals surface area contributed by atoms with E-state index in [-0.39, 0.29) is 18.1 Å². The second-order valence-corrected chi connectivity index (χ2v) is 5.41. The van der Waals surface area contributed by atoms with Crippen LogP contribution in [-0.4, -0.2) is 43.3 Å². The average molecular weight is 236 g/mol. The Kier molecular flexibility index (Phi) is 3.85. The van der Waals surface area contributed by atoms with E-state index in [0.29, 0.717) is 17.4 Å². The summed E-state index contributed by atoms with van der Waals surface area (Å²) in [6.45, 7) is 0.338. The van der Waals surface area contributed by atoms with Gasteiger partial charge in [-0.05, 0) is 18.3 Å². The normalized spacial score (nSPS) is 18.8. The summed E-state index contributed by atoms with van der Waals surface area (Å²) in [7, 11) is -2.95. The molecule has 0 aromatic carbocycles. The summed E-state index contributed by atoms with van der Waals surface area (Å²) in [4.78, 5) is 0. The van der Waals surface area contributed by atoms with Crippen molar-refractivity contribution in [2.24, 2.45) is 0 Å². The first-order valence-corrected chi connectivity index (χ1v) is 6.31. The molecule has 1 rings (SSSR count). The molecule has 0 fully saturated rings. The molecule has 0 aromatic heterocycles. The number of aliphatic hydroxyl groups is 1. The van der Waals surface area contributed by atoms with Crippen LogP contribution in [0.4, 0.5) is 0 Å². The molecule has 0 saturated carbocycles. The smallest absolute Gasteiger partial charge is 0.170 e. The Morgan fingerprint density at radius 2 is 2.36 bits per heavy atom. The molecule has 1 aliphatic heterocycles. The van der Waals surface area contributed by atoms with Gasteiger partial charge in [0.25, 0.3) is 0 Å². The van der Waals surface area contributed by atoms with Gasteiger partial charge in [-0.1, -0.05) is 0 Å². The number of rotatable bonds is 3. The molecular weight excluding hydrogens is 224 g/mol. The standard InChI is InChI=1S/C7H12N2O3S2/c10-3-2-8-7(13)9-6-1-4-14(11,12)5-6/h1,10H,2-5H2,(H2,8,9,13). The van der Waals surface area contributed by atoms with Crippen LogP contribution in [-0.2, 0) is 9.84 Å². The summed E-state index contributed by atoms with van der Waals surface area (Å²) < 4.78 is 22.1. The second kappa shape index (κ2) is 4.72. The maximum absolute atomic E-state index is 11.0. The molecule has 0 spiro atoms. The molecule has 5 nitrogen and oxygen atoms in total. The summed E-state index contributed by atoms with van der Waals surface area (Å²) in [5.74, 6) is 0.0753. The highest BCUT2D eigenvalue weighted by Crippen LogP contribution is 2.07. The van der Waals surface area contributed by atoms with Gasteiger partial charge in [0.2, 0.25) is 0 Å². The molecule has 0 amide bonds. The van der Waals surface area contributed by atoms with E-state index in [9.17, 15) is 8.42 Å². The van der Waals surface area contributed by atoms with E-state index >= 15 is 0 Å². The van der Waals surface area contributed by atoms with E-state index in [2.05, 4.69) is 10.6 Å². The first-order valence-electron chi connectivity index (χ1n) is 4.09. The molecule has 0 aromatic rings. The molecule has 0 atom stereocenters. The summed E-state index contributed by atoms with van der Waals surface area (Å²) in [6, 6.07) is 0. The first-order chi connectivity index (χ1) is 6.53. The predicted molar refractivity (Wildman–Crippen MR) is 57.6 cm³/mol. The lowest BCUT2D eigenvalue weighted by atomic mass is 10.5. The van der Waals surface area contributed by atoms with Gasteiger partial charge in [0.05, 0.1) is 18.1 Å². The fraction of sp³-hybridized carbons (Fsp3) is 0.571. The Morgan fingerprint density at radius 1 is 1.64 bits per heavy atom. The van der Waals surface area contributed by atoms with Gasteiger partial charge in [-0.3, -0.25) is 0 Å². The maximum atomic E-state index is 11.0. The molecule has 3 N–H and O–H groups in total. The molecular formula is C7H12N2O3S2. The van der Waals surface area contributed by atoms with Gasteiger partial charge >= 0.3 is 0 Å². The Labute approximate surface area is 88.1 Å². The molecule has 14 heavy (non-hydrogen) atoms. The minimum atomic E-state index is -2.95. The Hall–Kier alpha value is -0.660. The Bertz CT molecular complexity index is 348. The van der Waals surface area contributed by atoms with Crippen molar-refractivity contribution in [3.63, 3.8) is 0 Å². The number of nitrogens with one attached hydrogen (secondary N) is 2. The zero-order chi connectivity index (χ0) is 10.6. The lowest BCUT2D eigenvalue weighted by molar-refractivity contribution is 0.300. The van der Waals surface area contributed by atoms with Gasteiger partial charge in [0, 0.05) is 12.2 Å². The van der Waals surface area contributed by atoms with Crippen molar-refractivity contribution < 1.29 is 13.5 Å². The van der Waals surface area contributed by atoms with Gasteiger partial charge in [0.1, 0.15) is 0 Å². The van der Waals surface area contributed by atoms with Gasteiger partial charge in [-0.2, -0.15) is 0 Å². The zero-order valence-corrected chi connectivity index (χ0v) is 9.12. The van der Waals surface area contributed by atoms with E-state index in [1.54, 1.807) is 6.08 Å². The number of aliphatic hydroxyl groups excluding tert-OH is 1.